The summed E-state index contributed by atoms with van der Waals surface area (Å²) < 4.78 is 0. The van der Waals surface area contributed by atoms with Gasteiger partial charge in [0.15, 0.2) is 0 Å². The van der Waals surface area contributed by atoms with Crippen LogP contribution in [0.5, 0.6) is 0 Å². The normalized spacial score (nSPS) is 18.8. The van der Waals surface area contributed by atoms with Crippen LogP contribution in [0, 0.1) is 0 Å². The van der Waals surface area contributed by atoms with Crippen molar-refractivity contribution in [3.8, 4) is 0 Å². The molecule has 0 bridgehead atoms. The van der Waals surface area contributed by atoms with Crippen LogP contribution in [-0.4, -0.2) is 39.9 Å². The van der Waals surface area contributed by atoms with E-state index < -0.39 is 0 Å². The summed E-state index contributed by atoms with van der Waals surface area (Å²) in [6.07, 6.45) is 1.22. The fourth-order valence-electron chi connectivity index (χ4n) is 2.19. The third kappa shape index (κ3) is 4.74. The molecule has 0 radical (unpaired) electrons. The zero-order chi connectivity index (χ0) is 15.5. The van der Waals surface area contributed by atoms with Crippen molar-refractivity contribution in [2.45, 2.75) is 45.2 Å². The summed E-state index contributed by atoms with van der Waals surface area (Å²) in [7, 11) is 0. The van der Waals surface area contributed by atoms with Crippen molar-refractivity contribution in [3.05, 3.63) is 22.4 Å². The molecule has 2 amide bonds. The number of hydrogen-bond donors (Lipinski definition) is 1. The smallest absolute Gasteiger partial charge is 0.244 e. The van der Waals surface area contributed by atoms with E-state index >= 15 is 0 Å². The van der Waals surface area contributed by atoms with Crippen LogP contribution in [0.25, 0.3) is 0 Å². The molecule has 4 nitrogen and oxygen atoms in total. The molecule has 1 aliphatic rings. The predicted octanol–water partition coefficient (Wildman–Crippen LogP) is 2.50. The van der Waals surface area contributed by atoms with Gasteiger partial charge in [0.2, 0.25) is 11.8 Å². The molecule has 0 saturated carbocycles. The van der Waals surface area contributed by atoms with Gasteiger partial charge in [-0.1, -0.05) is 0 Å². The molecule has 1 saturated heterocycles. The van der Waals surface area contributed by atoms with E-state index in [1.54, 1.807) is 28.0 Å². The lowest BCUT2D eigenvalue weighted by molar-refractivity contribution is -0.138. The summed E-state index contributed by atoms with van der Waals surface area (Å²) in [6, 6.07) is 1.71. The van der Waals surface area contributed by atoms with E-state index in [1.165, 1.54) is 5.56 Å². The van der Waals surface area contributed by atoms with Crippen LogP contribution < -0.4 is 5.32 Å². The molecule has 1 fully saturated rings. The van der Waals surface area contributed by atoms with Crippen molar-refractivity contribution in [1.82, 2.24) is 10.2 Å². The molecule has 6 heteroatoms. The first-order valence-corrected chi connectivity index (χ1v) is 9.17. The first-order chi connectivity index (χ1) is 9.87. The van der Waals surface area contributed by atoms with Crippen molar-refractivity contribution in [1.29, 1.82) is 0 Å². The molecule has 1 aromatic heterocycles. The number of rotatable bonds is 4. The van der Waals surface area contributed by atoms with Crippen LogP contribution in [0.15, 0.2) is 16.8 Å². The highest BCUT2D eigenvalue weighted by Crippen LogP contribution is 2.23. The quantitative estimate of drug-likeness (QED) is 0.925. The van der Waals surface area contributed by atoms with Gasteiger partial charge < -0.3 is 10.2 Å². The summed E-state index contributed by atoms with van der Waals surface area (Å²) in [5, 5.41) is 7.06. The fourth-order valence-corrected chi connectivity index (χ4v) is 4.07. The first kappa shape index (κ1) is 16.4. The molecule has 0 unspecified atom stereocenters. The standard InChI is InChI=1S/C15H22N2O2S2/c1-15(2,3)16-14(19)12-9-21-10-17(12)13(18)5-4-11-6-7-20-8-11/h6-8,12H,4-5,9-10H2,1-3H3,(H,16,19)/t12-/m1/s1. The Morgan fingerprint density at radius 3 is 2.81 bits per heavy atom. The second kappa shape index (κ2) is 6.83. The van der Waals surface area contributed by atoms with Crippen LogP contribution in [0.4, 0.5) is 0 Å². The number of thioether (sulfide) groups is 1. The minimum absolute atomic E-state index is 0.0450. The van der Waals surface area contributed by atoms with Crippen LogP contribution in [-0.2, 0) is 16.0 Å². The summed E-state index contributed by atoms with van der Waals surface area (Å²) >= 11 is 3.28. The Hall–Kier alpha value is -1.01. The van der Waals surface area contributed by atoms with Crippen LogP contribution in [0.2, 0.25) is 0 Å². The Morgan fingerprint density at radius 2 is 2.19 bits per heavy atom. The van der Waals surface area contributed by atoms with Gasteiger partial charge in [-0.2, -0.15) is 11.3 Å². The highest BCUT2D eigenvalue weighted by atomic mass is 32.2. The number of amides is 2. The average Bonchev–Trinajstić information content (AvgIpc) is 3.05. The highest BCUT2D eigenvalue weighted by Gasteiger charge is 2.35. The molecule has 2 rings (SSSR count). The van der Waals surface area contributed by atoms with Gasteiger partial charge in [0.1, 0.15) is 6.04 Å². The molecular formula is C15H22N2O2S2. The lowest BCUT2D eigenvalue weighted by Gasteiger charge is -2.27. The summed E-state index contributed by atoms with van der Waals surface area (Å²) in [6.45, 7) is 5.86. The number of aryl methyl sites for hydroxylation is 1. The molecule has 0 aliphatic carbocycles. The van der Waals surface area contributed by atoms with Gasteiger partial charge in [-0.15, -0.1) is 11.8 Å². The number of nitrogens with zero attached hydrogens (tertiary/aromatic N) is 1. The van der Waals surface area contributed by atoms with E-state index in [1.807, 2.05) is 32.2 Å². The zero-order valence-corrected chi connectivity index (χ0v) is 14.4. The molecule has 2 heterocycles. The second-order valence-electron chi connectivity index (χ2n) is 6.25. The molecule has 1 aliphatic heterocycles. The van der Waals surface area contributed by atoms with Gasteiger partial charge in [0.05, 0.1) is 5.88 Å². The Labute approximate surface area is 134 Å². The number of carbonyl (C=O) groups excluding carboxylic acids is 2. The molecular weight excluding hydrogens is 304 g/mol. The third-order valence-electron chi connectivity index (χ3n) is 3.21. The van der Waals surface area contributed by atoms with E-state index in [0.717, 1.165) is 6.42 Å². The predicted molar refractivity (Wildman–Crippen MR) is 88.5 cm³/mol. The maximum atomic E-state index is 12.4. The second-order valence-corrected chi connectivity index (χ2v) is 8.03. The van der Waals surface area contributed by atoms with E-state index in [2.05, 4.69) is 10.7 Å². The van der Waals surface area contributed by atoms with Crippen molar-refractivity contribution < 1.29 is 9.59 Å². The molecule has 1 aromatic rings. The summed E-state index contributed by atoms with van der Waals surface area (Å²) in [5.74, 6) is 1.33. The zero-order valence-electron chi connectivity index (χ0n) is 12.7. The Morgan fingerprint density at radius 1 is 1.43 bits per heavy atom. The van der Waals surface area contributed by atoms with Crippen LogP contribution in [0.3, 0.4) is 0 Å². The molecule has 0 spiro atoms. The summed E-state index contributed by atoms with van der Waals surface area (Å²) in [4.78, 5) is 26.4. The van der Waals surface area contributed by atoms with Gasteiger partial charge in [-0.25, -0.2) is 0 Å². The molecule has 21 heavy (non-hydrogen) atoms. The van der Waals surface area contributed by atoms with E-state index in [4.69, 9.17) is 0 Å². The monoisotopic (exact) mass is 326 g/mol. The largest absolute Gasteiger partial charge is 0.350 e. The summed E-state index contributed by atoms with van der Waals surface area (Å²) in [5.41, 5.74) is 0.923. The fraction of sp³-hybridized carbons (Fsp3) is 0.600. The maximum absolute atomic E-state index is 12.4. The Kier molecular flexibility index (Phi) is 5.32. The van der Waals surface area contributed by atoms with E-state index in [-0.39, 0.29) is 23.4 Å². The average molecular weight is 326 g/mol. The Bertz CT molecular complexity index is 494. The number of carbonyl (C=O) groups is 2. The third-order valence-corrected chi connectivity index (χ3v) is 4.96. The van der Waals surface area contributed by atoms with Gasteiger partial charge >= 0.3 is 0 Å². The van der Waals surface area contributed by atoms with Gasteiger partial charge in [0, 0.05) is 17.7 Å². The lowest BCUT2D eigenvalue weighted by atomic mass is 10.1. The van der Waals surface area contributed by atoms with Crippen LogP contribution in [0.1, 0.15) is 32.8 Å². The highest BCUT2D eigenvalue weighted by molar-refractivity contribution is 7.99. The van der Waals surface area contributed by atoms with Gasteiger partial charge in [-0.05, 0) is 49.6 Å². The van der Waals surface area contributed by atoms with Gasteiger partial charge in [0.25, 0.3) is 0 Å². The molecule has 1 N–H and O–H groups in total. The number of hydrogen-bond acceptors (Lipinski definition) is 4. The number of nitrogens with one attached hydrogen (secondary N) is 1. The number of thiophene rings is 1. The van der Waals surface area contributed by atoms with E-state index in [0.29, 0.717) is 18.1 Å². The van der Waals surface area contributed by atoms with Crippen LogP contribution >= 0.6 is 23.1 Å². The van der Waals surface area contributed by atoms with Crippen molar-refractivity contribution in [2.75, 3.05) is 11.6 Å². The molecule has 116 valence electrons. The van der Waals surface area contributed by atoms with E-state index in [9.17, 15) is 9.59 Å². The maximum Gasteiger partial charge on any atom is 0.244 e. The van der Waals surface area contributed by atoms with Gasteiger partial charge in [-0.3, -0.25) is 9.59 Å². The molecule has 0 aromatic carbocycles. The molecule has 1 atom stereocenters. The minimum Gasteiger partial charge on any atom is -0.350 e. The Balaban J connectivity index is 1.91. The topological polar surface area (TPSA) is 49.4 Å². The van der Waals surface area contributed by atoms with Crippen molar-refractivity contribution >= 4 is 34.9 Å². The minimum atomic E-state index is -0.329. The lowest BCUT2D eigenvalue weighted by Crippen LogP contribution is -2.52. The van der Waals surface area contributed by atoms with Crippen molar-refractivity contribution in [2.24, 2.45) is 0 Å². The first-order valence-electron chi connectivity index (χ1n) is 7.07. The SMILES string of the molecule is CC(C)(C)NC(=O)[C@H]1CSCN1C(=O)CCc1ccsc1. The van der Waals surface area contributed by atoms with Crippen molar-refractivity contribution in [3.63, 3.8) is 0 Å².